The summed E-state index contributed by atoms with van der Waals surface area (Å²) in [6, 6.07) is 2.47. The molecule has 7 nitrogen and oxygen atoms in total. The minimum Gasteiger partial charge on any atom is -0.450 e. The summed E-state index contributed by atoms with van der Waals surface area (Å²) in [6.07, 6.45) is 0. The summed E-state index contributed by atoms with van der Waals surface area (Å²) in [5.74, 6) is -1.34. The molecular formula is C10H9BrN2O5. The van der Waals surface area contributed by atoms with Gasteiger partial charge in [0.1, 0.15) is 0 Å². The van der Waals surface area contributed by atoms with Gasteiger partial charge in [0.2, 0.25) is 5.76 Å². The highest BCUT2D eigenvalue weighted by molar-refractivity contribution is 9.10. The van der Waals surface area contributed by atoms with Gasteiger partial charge in [0, 0.05) is 13.1 Å². The van der Waals surface area contributed by atoms with E-state index in [1.165, 1.54) is 12.1 Å². The molecule has 2 heterocycles. The van der Waals surface area contributed by atoms with E-state index in [-0.39, 0.29) is 12.3 Å². The molecule has 1 aromatic rings. The lowest BCUT2D eigenvalue weighted by Crippen LogP contribution is -2.37. The first-order valence-corrected chi connectivity index (χ1v) is 5.88. The van der Waals surface area contributed by atoms with Gasteiger partial charge >= 0.3 is 12.0 Å². The number of halogens is 1. The Morgan fingerprint density at radius 3 is 2.83 bits per heavy atom. The fraction of sp³-hybridized carbons (Fsp3) is 0.300. The first-order chi connectivity index (χ1) is 8.58. The zero-order valence-corrected chi connectivity index (χ0v) is 10.7. The molecule has 0 radical (unpaired) electrons. The van der Waals surface area contributed by atoms with Crippen molar-refractivity contribution in [2.45, 2.75) is 0 Å². The van der Waals surface area contributed by atoms with Gasteiger partial charge in [-0.3, -0.25) is 9.69 Å². The SMILES string of the molecule is O=C(OCC(=O)N1CCNC1=O)c1ccc(Br)o1. The van der Waals surface area contributed by atoms with Gasteiger partial charge < -0.3 is 14.5 Å². The minimum atomic E-state index is -0.756. The maximum Gasteiger partial charge on any atom is 0.374 e. The second kappa shape index (κ2) is 5.21. The number of imide groups is 1. The van der Waals surface area contributed by atoms with E-state index < -0.39 is 24.5 Å². The van der Waals surface area contributed by atoms with Crippen LogP contribution in [0.2, 0.25) is 0 Å². The number of urea groups is 1. The third kappa shape index (κ3) is 2.70. The van der Waals surface area contributed by atoms with Crippen LogP contribution in [-0.4, -0.2) is 42.5 Å². The molecule has 0 spiro atoms. The molecule has 0 bridgehead atoms. The number of hydrogen-bond acceptors (Lipinski definition) is 5. The molecule has 0 aliphatic carbocycles. The van der Waals surface area contributed by atoms with Gasteiger partial charge in [-0.25, -0.2) is 9.59 Å². The molecule has 1 saturated heterocycles. The lowest BCUT2D eigenvalue weighted by molar-refractivity contribution is -0.130. The average Bonchev–Trinajstić information content (AvgIpc) is 2.94. The van der Waals surface area contributed by atoms with Gasteiger partial charge in [-0.1, -0.05) is 0 Å². The van der Waals surface area contributed by atoms with Crippen molar-refractivity contribution in [3.8, 4) is 0 Å². The monoisotopic (exact) mass is 316 g/mol. The first-order valence-electron chi connectivity index (χ1n) is 5.08. The summed E-state index contributed by atoms with van der Waals surface area (Å²) < 4.78 is 10.1. The number of hydrogen-bond donors (Lipinski definition) is 1. The van der Waals surface area contributed by atoms with E-state index >= 15 is 0 Å². The highest BCUT2D eigenvalue weighted by Crippen LogP contribution is 2.14. The smallest absolute Gasteiger partial charge is 0.374 e. The Morgan fingerprint density at radius 1 is 1.50 bits per heavy atom. The van der Waals surface area contributed by atoms with Crippen LogP contribution in [0.5, 0.6) is 0 Å². The van der Waals surface area contributed by atoms with E-state index in [1.54, 1.807) is 0 Å². The summed E-state index contributed by atoms with van der Waals surface area (Å²) in [6.45, 7) is 0.190. The fourth-order valence-corrected chi connectivity index (χ4v) is 1.72. The lowest BCUT2D eigenvalue weighted by Gasteiger charge is -2.11. The summed E-state index contributed by atoms with van der Waals surface area (Å²) >= 11 is 3.04. The molecule has 0 atom stereocenters. The molecule has 1 aromatic heterocycles. The van der Waals surface area contributed by atoms with Gasteiger partial charge in [-0.15, -0.1) is 0 Å². The minimum absolute atomic E-state index is 0.0134. The molecule has 0 aromatic carbocycles. The quantitative estimate of drug-likeness (QED) is 0.831. The van der Waals surface area contributed by atoms with Crippen molar-refractivity contribution in [1.82, 2.24) is 10.2 Å². The molecule has 8 heteroatoms. The Kier molecular flexibility index (Phi) is 3.66. The van der Waals surface area contributed by atoms with Crippen molar-refractivity contribution >= 4 is 33.8 Å². The Bertz CT molecular complexity index is 498. The van der Waals surface area contributed by atoms with Crippen molar-refractivity contribution in [3.63, 3.8) is 0 Å². The summed E-state index contributed by atoms with van der Waals surface area (Å²) in [5.41, 5.74) is 0. The van der Waals surface area contributed by atoms with Gasteiger partial charge in [0.15, 0.2) is 11.3 Å². The van der Waals surface area contributed by atoms with Crippen LogP contribution in [0.1, 0.15) is 10.6 Å². The van der Waals surface area contributed by atoms with Crippen LogP contribution in [0, 0.1) is 0 Å². The molecule has 1 fully saturated rings. The Morgan fingerprint density at radius 2 is 2.28 bits per heavy atom. The van der Waals surface area contributed by atoms with Gasteiger partial charge in [0.05, 0.1) is 0 Å². The van der Waals surface area contributed by atoms with Crippen molar-refractivity contribution in [3.05, 3.63) is 22.6 Å². The standard InChI is InChI=1S/C10H9BrN2O5/c11-7-2-1-6(18-7)9(15)17-5-8(14)13-4-3-12-10(13)16/h1-2H,3-5H2,(H,12,16). The van der Waals surface area contributed by atoms with E-state index in [2.05, 4.69) is 21.2 Å². The Hall–Kier alpha value is -1.83. The maximum absolute atomic E-state index is 11.5. The number of furan rings is 1. The molecule has 1 aliphatic rings. The van der Waals surface area contributed by atoms with Crippen LogP contribution in [0.15, 0.2) is 21.2 Å². The zero-order valence-electron chi connectivity index (χ0n) is 9.14. The summed E-state index contributed by atoms with van der Waals surface area (Å²) in [7, 11) is 0. The van der Waals surface area contributed by atoms with E-state index in [0.29, 0.717) is 11.2 Å². The molecule has 0 saturated carbocycles. The number of amides is 3. The van der Waals surface area contributed by atoms with Gasteiger partial charge in [-0.05, 0) is 28.1 Å². The van der Waals surface area contributed by atoms with Crippen LogP contribution in [0.25, 0.3) is 0 Å². The number of carbonyl (C=O) groups is 3. The Balaban J connectivity index is 1.86. The largest absolute Gasteiger partial charge is 0.450 e. The topological polar surface area (TPSA) is 88.9 Å². The van der Waals surface area contributed by atoms with E-state index in [1.807, 2.05) is 0 Å². The van der Waals surface area contributed by atoms with Crippen LogP contribution in [0.3, 0.4) is 0 Å². The van der Waals surface area contributed by atoms with E-state index in [9.17, 15) is 14.4 Å². The molecule has 96 valence electrons. The van der Waals surface area contributed by atoms with Crippen molar-refractivity contribution < 1.29 is 23.5 Å². The molecule has 3 amide bonds. The third-order valence-corrected chi connectivity index (χ3v) is 2.69. The average molecular weight is 317 g/mol. The predicted molar refractivity (Wildman–Crippen MR) is 61.8 cm³/mol. The molecule has 2 rings (SSSR count). The molecule has 18 heavy (non-hydrogen) atoms. The van der Waals surface area contributed by atoms with Crippen LogP contribution in [0.4, 0.5) is 4.79 Å². The molecule has 0 unspecified atom stereocenters. The van der Waals surface area contributed by atoms with E-state index in [4.69, 9.17) is 9.15 Å². The van der Waals surface area contributed by atoms with Crippen molar-refractivity contribution in [2.24, 2.45) is 0 Å². The second-order valence-electron chi connectivity index (χ2n) is 3.46. The summed E-state index contributed by atoms with van der Waals surface area (Å²) in [5, 5.41) is 2.47. The second-order valence-corrected chi connectivity index (χ2v) is 4.24. The highest BCUT2D eigenvalue weighted by Gasteiger charge is 2.27. The molecule has 1 aliphatic heterocycles. The lowest BCUT2D eigenvalue weighted by atomic mass is 10.4. The number of ether oxygens (including phenoxy) is 1. The van der Waals surface area contributed by atoms with Gasteiger partial charge in [0.25, 0.3) is 5.91 Å². The maximum atomic E-state index is 11.5. The molecule has 1 N–H and O–H groups in total. The summed E-state index contributed by atoms with van der Waals surface area (Å²) in [4.78, 5) is 35.1. The van der Waals surface area contributed by atoms with Crippen molar-refractivity contribution in [2.75, 3.05) is 19.7 Å². The van der Waals surface area contributed by atoms with Crippen LogP contribution in [-0.2, 0) is 9.53 Å². The predicted octanol–water partition coefficient (Wildman–Crippen LogP) is 0.751. The number of rotatable bonds is 3. The number of nitrogens with zero attached hydrogens (tertiary/aromatic N) is 1. The van der Waals surface area contributed by atoms with E-state index in [0.717, 1.165) is 4.90 Å². The van der Waals surface area contributed by atoms with Crippen molar-refractivity contribution in [1.29, 1.82) is 0 Å². The number of carbonyl (C=O) groups excluding carboxylic acids is 3. The normalized spacial score (nSPS) is 14.5. The number of esters is 1. The Labute approximate surface area is 110 Å². The first kappa shape index (κ1) is 12.6. The van der Waals surface area contributed by atoms with Gasteiger partial charge in [-0.2, -0.15) is 0 Å². The molecular weight excluding hydrogens is 308 g/mol. The van der Waals surface area contributed by atoms with Crippen LogP contribution >= 0.6 is 15.9 Å². The highest BCUT2D eigenvalue weighted by atomic mass is 79.9. The fourth-order valence-electron chi connectivity index (χ4n) is 1.41. The zero-order chi connectivity index (χ0) is 13.1. The number of nitrogens with one attached hydrogen (secondary N) is 1. The van der Waals surface area contributed by atoms with Crippen LogP contribution < -0.4 is 5.32 Å². The third-order valence-electron chi connectivity index (χ3n) is 2.26.